The summed E-state index contributed by atoms with van der Waals surface area (Å²) < 4.78 is 38.2. The van der Waals surface area contributed by atoms with Crippen molar-refractivity contribution in [2.45, 2.75) is 6.92 Å². The molecule has 0 saturated heterocycles. The smallest absolute Gasteiger partial charge is 0.423 e. The third kappa shape index (κ3) is 1.68. The van der Waals surface area contributed by atoms with Gasteiger partial charge in [0.2, 0.25) is 0 Å². The summed E-state index contributed by atoms with van der Waals surface area (Å²) in [6.45, 7) is 1.01. The molecule has 0 spiro atoms. The number of halogens is 3. The highest BCUT2D eigenvalue weighted by molar-refractivity contribution is 6.58. The first kappa shape index (κ1) is 10.1. The van der Waals surface area contributed by atoms with E-state index in [4.69, 9.17) is 10.0 Å². The molecule has 0 bridgehead atoms. The van der Waals surface area contributed by atoms with Gasteiger partial charge in [-0.1, -0.05) is 0 Å². The van der Waals surface area contributed by atoms with Gasteiger partial charge in [0, 0.05) is 11.0 Å². The van der Waals surface area contributed by atoms with Crippen molar-refractivity contribution in [3.63, 3.8) is 0 Å². The van der Waals surface area contributed by atoms with Crippen LogP contribution < -0.4 is 5.46 Å². The van der Waals surface area contributed by atoms with Crippen LogP contribution in [0.5, 0.6) is 0 Å². The summed E-state index contributed by atoms with van der Waals surface area (Å²) in [5.41, 5.74) is -1.24. The van der Waals surface area contributed by atoms with Crippen LogP contribution in [-0.4, -0.2) is 17.2 Å². The van der Waals surface area contributed by atoms with E-state index in [0.717, 1.165) is 6.92 Å². The van der Waals surface area contributed by atoms with Crippen molar-refractivity contribution in [3.05, 3.63) is 29.1 Å². The van der Waals surface area contributed by atoms with Gasteiger partial charge in [-0.15, -0.1) is 0 Å². The highest BCUT2D eigenvalue weighted by Crippen LogP contribution is 2.12. The van der Waals surface area contributed by atoms with Crippen LogP contribution in [0.1, 0.15) is 5.56 Å². The quantitative estimate of drug-likeness (QED) is 0.486. The largest absolute Gasteiger partial charge is 0.491 e. The zero-order chi connectivity index (χ0) is 10.2. The Kier molecular flexibility index (Phi) is 2.63. The summed E-state index contributed by atoms with van der Waals surface area (Å²) in [4.78, 5) is 0. The molecule has 1 aromatic carbocycles. The van der Waals surface area contributed by atoms with E-state index in [1.165, 1.54) is 0 Å². The summed E-state index contributed by atoms with van der Waals surface area (Å²) >= 11 is 0. The van der Waals surface area contributed by atoms with Gasteiger partial charge in [0.1, 0.15) is 5.82 Å². The molecule has 1 rings (SSSR count). The lowest BCUT2D eigenvalue weighted by molar-refractivity contribution is 0.420. The second kappa shape index (κ2) is 3.39. The number of rotatable bonds is 1. The van der Waals surface area contributed by atoms with Crippen molar-refractivity contribution in [2.75, 3.05) is 0 Å². The average Bonchev–Trinajstić information content (AvgIpc) is 2.07. The summed E-state index contributed by atoms with van der Waals surface area (Å²) in [6, 6.07) is 0.419. The van der Waals surface area contributed by atoms with Crippen LogP contribution in [0, 0.1) is 24.4 Å². The van der Waals surface area contributed by atoms with E-state index >= 15 is 0 Å². The van der Waals surface area contributed by atoms with Crippen LogP contribution in [0.15, 0.2) is 6.07 Å². The van der Waals surface area contributed by atoms with Crippen LogP contribution in [0.2, 0.25) is 0 Å². The van der Waals surface area contributed by atoms with Gasteiger partial charge >= 0.3 is 7.12 Å². The molecule has 70 valence electrons. The van der Waals surface area contributed by atoms with Crippen LogP contribution >= 0.6 is 0 Å². The van der Waals surface area contributed by atoms with E-state index < -0.39 is 35.6 Å². The van der Waals surface area contributed by atoms with Crippen molar-refractivity contribution in [2.24, 2.45) is 0 Å². The van der Waals surface area contributed by atoms with Gasteiger partial charge in [0.25, 0.3) is 0 Å². The summed E-state index contributed by atoms with van der Waals surface area (Å²) in [6.07, 6.45) is 0. The molecule has 0 aliphatic rings. The van der Waals surface area contributed by atoms with Gasteiger partial charge in [-0.3, -0.25) is 0 Å². The van der Waals surface area contributed by atoms with Crippen molar-refractivity contribution >= 4 is 12.6 Å². The van der Waals surface area contributed by atoms with Gasteiger partial charge in [0.05, 0.1) is 0 Å². The lowest BCUT2D eigenvalue weighted by Gasteiger charge is -2.05. The Morgan fingerprint density at radius 2 is 1.69 bits per heavy atom. The Balaban J connectivity index is 3.41. The molecule has 0 aliphatic carbocycles. The molecule has 6 heteroatoms. The molecule has 0 amide bonds. The first-order valence-electron chi connectivity index (χ1n) is 3.45. The molecule has 0 atom stereocenters. The van der Waals surface area contributed by atoms with Gasteiger partial charge in [-0.25, -0.2) is 13.2 Å². The Morgan fingerprint density at radius 1 is 1.15 bits per heavy atom. The van der Waals surface area contributed by atoms with Crippen molar-refractivity contribution in [3.8, 4) is 0 Å². The Bertz CT molecular complexity index is 341. The molecule has 0 aliphatic heterocycles. The first-order valence-corrected chi connectivity index (χ1v) is 3.45. The molecule has 0 aromatic heterocycles. The van der Waals surface area contributed by atoms with Gasteiger partial charge in [-0.05, 0) is 13.0 Å². The summed E-state index contributed by atoms with van der Waals surface area (Å²) in [5.74, 6) is -3.77. The Morgan fingerprint density at radius 3 is 2.15 bits per heavy atom. The predicted octanol–water partition coefficient (Wildman–Crippen LogP) is 0.0921. The summed E-state index contributed by atoms with van der Waals surface area (Å²) in [5, 5.41) is 17.1. The Labute approximate surface area is 72.8 Å². The maximum atomic E-state index is 13.0. The maximum absolute atomic E-state index is 13.0. The highest BCUT2D eigenvalue weighted by Gasteiger charge is 2.22. The molecule has 0 saturated carbocycles. The second-order valence-corrected chi connectivity index (χ2v) is 2.57. The predicted molar refractivity (Wildman–Crippen MR) is 40.9 cm³/mol. The lowest BCUT2D eigenvalue weighted by Crippen LogP contribution is -2.34. The lowest BCUT2D eigenvalue weighted by atomic mass is 9.79. The average molecular weight is 190 g/mol. The molecule has 0 unspecified atom stereocenters. The summed E-state index contributed by atoms with van der Waals surface area (Å²) in [7, 11) is -2.14. The fourth-order valence-corrected chi connectivity index (χ4v) is 0.943. The number of benzene rings is 1. The van der Waals surface area contributed by atoms with Crippen molar-refractivity contribution in [1.82, 2.24) is 0 Å². The van der Waals surface area contributed by atoms with E-state index in [-0.39, 0.29) is 0 Å². The zero-order valence-electron chi connectivity index (χ0n) is 6.68. The molecule has 2 nitrogen and oxygen atoms in total. The fraction of sp³-hybridized carbons (Fsp3) is 0.143. The topological polar surface area (TPSA) is 40.5 Å². The molecule has 0 heterocycles. The third-order valence-corrected chi connectivity index (χ3v) is 1.68. The molecule has 13 heavy (non-hydrogen) atoms. The van der Waals surface area contributed by atoms with Gasteiger partial charge in [-0.2, -0.15) is 0 Å². The number of hydrogen-bond donors (Lipinski definition) is 2. The van der Waals surface area contributed by atoms with Crippen LogP contribution in [0.4, 0.5) is 13.2 Å². The minimum Gasteiger partial charge on any atom is -0.423 e. The van der Waals surface area contributed by atoms with Gasteiger partial charge in [0.15, 0.2) is 11.6 Å². The minimum absolute atomic E-state index is 0.419. The molecule has 2 N–H and O–H groups in total. The van der Waals surface area contributed by atoms with E-state index in [2.05, 4.69) is 0 Å². The molecular formula is C7H6BF3O2. The zero-order valence-corrected chi connectivity index (χ0v) is 6.68. The highest BCUT2D eigenvalue weighted by atomic mass is 19.2. The van der Waals surface area contributed by atoms with Crippen LogP contribution in [0.3, 0.4) is 0 Å². The van der Waals surface area contributed by atoms with Crippen LogP contribution in [0.25, 0.3) is 0 Å². The molecule has 1 aromatic rings. The fourth-order valence-electron chi connectivity index (χ4n) is 0.943. The molecule has 0 radical (unpaired) electrons. The SMILES string of the molecule is Cc1c(F)c(F)cc(B(O)O)c1F. The molecule has 0 fully saturated rings. The molecular weight excluding hydrogens is 184 g/mol. The third-order valence-electron chi connectivity index (χ3n) is 1.68. The van der Waals surface area contributed by atoms with E-state index in [9.17, 15) is 13.2 Å². The number of hydrogen-bond acceptors (Lipinski definition) is 2. The van der Waals surface area contributed by atoms with Crippen molar-refractivity contribution < 1.29 is 23.2 Å². The minimum atomic E-state index is -2.14. The van der Waals surface area contributed by atoms with Crippen molar-refractivity contribution in [1.29, 1.82) is 0 Å². The second-order valence-electron chi connectivity index (χ2n) is 2.57. The van der Waals surface area contributed by atoms with E-state index in [0.29, 0.717) is 6.07 Å². The standard InChI is InChI=1S/C7H6BF3O2/c1-3-6(10)4(8(12)13)2-5(9)7(3)11/h2,12-13H,1H3. The normalized spacial score (nSPS) is 10.3. The maximum Gasteiger partial charge on any atom is 0.491 e. The van der Waals surface area contributed by atoms with E-state index in [1.807, 2.05) is 0 Å². The Hall–Kier alpha value is -1.01. The van der Waals surface area contributed by atoms with E-state index in [1.54, 1.807) is 0 Å². The first-order chi connectivity index (χ1) is 5.95. The monoisotopic (exact) mass is 190 g/mol. The van der Waals surface area contributed by atoms with Crippen LogP contribution in [-0.2, 0) is 0 Å². The van der Waals surface area contributed by atoms with Gasteiger partial charge < -0.3 is 10.0 Å².